The van der Waals surface area contributed by atoms with E-state index < -0.39 is 4.92 Å². The van der Waals surface area contributed by atoms with Gasteiger partial charge < -0.3 is 16.4 Å². The fourth-order valence-corrected chi connectivity index (χ4v) is 3.63. The third-order valence-corrected chi connectivity index (χ3v) is 5.25. The zero-order valence-electron chi connectivity index (χ0n) is 14.9. The van der Waals surface area contributed by atoms with Crippen LogP contribution in [-0.4, -0.2) is 27.5 Å². The molecule has 4 N–H and O–H groups in total. The zero-order chi connectivity index (χ0) is 19.2. The summed E-state index contributed by atoms with van der Waals surface area (Å²) in [5.41, 5.74) is 6.88. The van der Waals surface area contributed by atoms with Gasteiger partial charge in [0.15, 0.2) is 0 Å². The minimum atomic E-state index is -0.461. The first-order chi connectivity index (χ1) is 13.0. The summed E-state index contributed by atoms with van der Waals surface area (Å²) in [6.45, 7) is 1.17. The van der Waals surface area contributed by atoms with Crippen LogP contribution in [0.5, 0.6) is 0 Å². The molecule has 1 heterocycles. The second-order valence-electron chi connectivity index (χ2n) is 6.83. The van der Waals surface area contributed by atoms with Gasteiger partial charge in [-0.1, -0.05) is 28.1 Å². The Labute approximate surface area is 166 Å². The zero-order valence-corrected chi connectivity index (χ0v) is 16.5. The molecular weight excluding hydrogens is 412 g/mol. The van der Waals surface area contributed by atoms with Crippen molar-refractivity contribution in [1.29, 1.82) is 0 Å². The van der Waals surface area contributed by atoms with Gasteiger partial charge in [-0.05, 0) is 49.3 Å². The van der Waals surface area contributed by atoms with E-state index in [2.05, 4.69) is 36.5 Å². The van der Waals surface area contributed by atoms with E-state index in [0.29, 0.717) is 25.0 Å². The van der Waals surface area contributed by atoms with Crippen LogP contribution in [0.2, 0.25) is 0 Å². The molecule has 1 saturated carbocycles. The maximum atomic E-state index is 11.3. The van der Waals surface area contributed by atoms with Crippen LogP contribution >= 0.6 is 15.9 Å². The average molecular weight is 435 g/mol. The predicted octanol–water partition coefficient (Wildman–Crippen LogP) is 3.69. The molecule has 0 bridgehead atoms. The van der Waals surface area contributed by atoms with Gasteiger partial charge in [0.25, 0.3) is 0 Å². The van der Waals surface area contributed by atoms with Crippen molar-refractivity contribution in [2.24, 2.45) is 11.7 Å². The number of nitrogens with two attached hydrogens (primary N) is 1. The van der Waals surface area contributed by atoms with Gasteiger partial charge in [0.05, 0.1) is 4.92 Å². The van der Waals surface area contributed by atoms with Crippen molar-refractivity contribution >= 4 is 33.4 Å². The van der Waals surface area contributed by atoms with Crippen LogP contribution in [0.3, 0.4) is 0 Å². The van der Waals surface area contributed by atoms with Gasteiger partial charge in [0.2, 0.25) is 11.8 Å². The summed E-state index contributed by atoms with van der Waals surface area (Å²) in [4.78, 5) is 19.2. The molecular formula is C18H23BrN6O2. The average Bonchev–Trinajstić information content (AvgIpc) is 2.66. The lowest BCUT2D eigenvalue weighted by molar-refractivity contribution is -0.384. The van der Waals surface area contributed by atoms with E-state index in [0.717, 1.165) is 35.7 Å². The van der Waals surface area contributed by atoms with Gasteiger partial charge in [-0.25, -0.2) is 4.98 Å². The summed E-state index contributed by atoms with van der Waals surface area (Å²) in [6.07, 6.45) is 5.30. The number of anilines is 2. The lowest BCUT2D eigenvalue weighted by Crippen LogP contribution is -2.29. The molecule has 27 heavy (non-hydrogen) atoms. The Morgan fingerprint density at radius 3 is 2.74 bits per heavy atom. The normalized spacial score (nSPS) is 19.5. The van der Waals surface area contributed by atoms with Crippen LogP contribution < -0.4 is 16.4 Å². The number of nitro groups is 1. The molecule has 9 heteroatoms. The van der Waals surface area contributed by atoms with Crippen LogP contribution in [0.15, 0.2) is 34.9 Å². The summed E-state index contributed by atoms with van der Waals surface area (Å²) in [5.74, 6) is 1.06. The fourth-order valence-electron chi connectivity index (χ4n) is 3.19. The highest BCUT2D eigenvalue weighted by molar-refractivity contribution is 9.10. The molecule has 1 aliphatic rings. The van der Waals surface area contributed by atoms with Crippen LogP contribution in [0.4, 0.5) is 17.5 Å². The van der Waals surface area contributed by atoms with Gasteiger partial charge in [0.1, 0.15) is 6.20 Å². The molecule has 1 aromatic heterocycles. The van der Waals surface area contributed by atoms with Crippen molar-refractivity contribution in [2.45, 2.75) is 38.3 Å². The Balaban J connectivity index is 1.65. The van der Waals surface area contributed by atoms with Crippen molar-refractivity contribution in [3.8, 4) is 0 Å². The second kappa shape index (κ2) is 9.09. The van der Waals surface area contributed by atoms with Gasteiger partial charge in [-0.3, -0.25) is 10.1 Å². The van der Waals surface area contributed by atoms with Gasteiger partial charge in [-0.2, -0.15) is 4.98 Å². The minimum absolute atomic E-state index is 0.115. The monoisotopic (exact) mass is 434 g/mol. The maximum absolute atomic E-state index is 11.3. The molecule has 2 aromatic rings. The Morgan fingerprint density at radius 2 is 2.04 bits per heavy atom. The molecule has 0 atom stereocenters. The molecule has 1 aliphatic carbocycles. The summed E-state index contributed by atoms with van der Waals surface area (Å²) < 4.78 is 0.987. The summed E-state index contributed by atoms with van der Waals surface area (Å²) >= 11 is 3.44. The van der Waals surface area contributed by atoms with Gasteiger partial charge in [0, 0.05) is 23.6 Å². The molecule has 1 fully saturated rings. The highest BCUT2D eigenvalue weighted by Gasteiger charge is 2.21. The number of hydrogen-bond donors (Lipinski definition) is 3. The van der Waals surface area contributed by atoms with Crippen molar-refractivity contribution in [1.82, 2.24) is 9.97 Å². The van der Waals surface area contributed by atoms with Crippen LogP contribution in [0, 0.1) is 16.0 Å². The Kier molecular flexibility index (Phi) is 6.57. The maximum Gasteiger partial charge on any atom is 0.329 e. The molecule has 8 nitrogen and oxygen atoms in total. The highest BCUT2D eigenvalue weighted by atomic mass is 79.9. The summed E-state index contributed by atoms with van der Waals surface area (Å²) in [6, 6.07) is 8.15. The Hall–Kier alpha value is -2.26. The van der Waals surface area contributed by atoms with Gasteiger partial charge in [-0.15, -0.1) is 0 Å². The number of nitrogens with one attached hydrogen (secondary N) is 2. The number of aromatic nitrogens is 2. The van der Waals surface area contributed by atoms with Crippen LogP contribution in [0.1, 0.15) is 31.2 Å². The first-order valence-electron chi connectivity index (χ1n) is 9.00. The Bertz CT molecular complexity index is 795. The van der Waals surface area contributed by atoms with E-state index in [1.165, 1.54) is 6.20 Å². The molecule has 1 aromatic carbocycles. The standard InChI is InChI=1S/C18H23BrN6O2/c19-14-3-1-2-13(8-14)10-22-18-23-11-16(25(26)27)17(24-18)21-9-12-4-6-15(20)7-5-12/h1-3,8,11-12,15H,4-7,9-10,20H2,(H2,21,22,23,24)/t12-,15-. The van der Waals surface area contributed by atoms with Crippen molar-refractivity contribution in [2.75, 3.05) is 17.2 Å². The van der Waals surface area contributed by atoms with Crippen molar-refractivity contribution < 1.29 is 4.92 Å². The van der Waals surface area contributed by atoms with E-state index in [9.17, 15) is 10.1 Å². The molecule has 3 rings (SSSR count). The predicted molar refractivity (Wildman–Crippen MR) is 109 cm³/mol. The Morgan fingerprint density at radius 1 is 1.26 bits per heavy atom. The van der Waals surface area contributed by atoms with E-state index in [1.807, 2.05) is 24.3 Å². The summed E-state index contributed by atoms with van der Waals surface area (Å²) in [7, 11) is 0. The SMILES string of the molecule is N[C@H]1CC[C@H](CNc2nc(NCc3cccc(Br)c3)ncc2[N+](=O)[O-])CC1. The number of hydrogen-bond acceptors (Lipinski definition) is 7. The molecule has 0 saturated heterocycles. The molecule has 0 spiro atoms. The van der Waals surface area contributed by atoms with Crippen molar-refractivity contribution in [3.05, 3.63) is 50.6 Å². The lowest BCUT2D eigenvalue weighted by atomic mass is 9.86. The molecule has 0 amide bonds. The van der Waals surface area contributed by atoms with E-state index in [1.54, 1.807) is 0 Å². The molecule has 144 valence electrons. The number of nitrogens with zero attached hydrogens (tertiary/aromatic N) is 3. The van der Waals surface area contributed by atoms with Crippen molar-refractivity contribution in [3.63, 3.8) is 0 Å². The van der Waals surface area contributed by atoms with E-state index >= 15 is 0 Å². The molecule has 0 aliphatic heterocycles. The van der Waals surface area contributed by atoms with Crippen LogP contribution in [-0.2, 0) is 6.54 Å². The topological polar surface area (TPSA) is 119 Å². The number of halogens is 1. The van der Waals surface area contributed by atoms with Crippen LogP contribution in [0.25, 0.3) is 0 Å². The first-order valence-corrected chi connectivity index (χ1v) is 9.80. The van der Waals surface area contributed by atoms with E-state index in [-0.39, 0.29) is 17.5 Å². The lowest BCUT2D eigenvalue weighted by Gasteiger charge is -2.26. The third-order valence-electron chi connectivity index (χ3n) is 4.76. The summed E-state index contributed by atoms with van der Waals surface area (Å²) in [5, 5.41) is 17.5. The quantitative estimate of drug-likeness (QED) is 0.448. The fraction of sp³-hybridized carbons (Fsp3) is 0.444. The second-order valence-corrected chi connectivity index (χ2v) is 7.75. The number of benzene rings is 1. The smallest absolute Gasteiger partial charge is 0.329 e. The molecule has 0 unspecified atom stereocenters. The third kappa shape index (κ3) is 5.61. The van der Waals surface area contributed by atoms with E-state index in [4.69, 9.17) is 5.73 Å². The minimum Gasteiger partial charge on any atom is -0.364 e. The molecule has 0 radical (unpaired) electrons. The number of rotatable bonds is 7. The largest absolute Gasteiger partial charge is 0.364 e. The van der Waals surface area contributed by atoms with Gasteiger partial charge >= 0.3 is 5.69 Å². The highest BCUT2D eigenvalue weighted by Crippen LogP contribution is 2.26. The first kappa shape index (κ1) is 19.5.